The number of carbonyl (C=O) groups is 2. The lowest BCUT2D eigenvalue weighted by atomic mass is 9.99. The summed E-state index contributed by atoms with van der Waals surface area (Å²) in [7, 11) is 1.55. The smallest absolute Gasteiger partial charge is 0.326 e. The molecule has 0 bridgehead atoms. The quantitative estimate of drug-likeness (QED) is 0.864. The van der Waals surface area contributed by atoms with Crippen molar-refractivity contribution in [3.63, 3.8) is 0 Å². The molecule has 0 saturated carbocycles. The average Bonchev–Trinajstić information content (AvgIpc) is 3.10. The topological polar surface area (TPSA) is 78.9 Å². The predicted octanol–water partition coefficient (Wildman–Crippen LogP) is 0.896. The number of carboxylic acids is 1. The van der Waals surface area contributed by atoms with E-state index in [0.717, 1.165) is 11.3 Å². The Bertz CT molecular complexity index is 575. The van der Waals surface area contributed by atoms with Crippen LogP contribution in [0.5, 0.6) is 0 Å². The second-order valence-corrected chi connectivity index (χ2v) is 5.46. The van der Waals surface area contributed by atoms with E-state index in [1.165, 1.54) is 4.90 Å². The maximum Gasteiger partial charge on any atom is 0.326 e. The van der Waals surface area contributed by atoms with Crippen molar-refractivity contribution in [3.8, 4) is 0 Å². The van der Waals surface area contributed by atoms with Crippen molar-refractivity contribution in [2.75, 3.05) is 25.5 Å². The Morgan fingerprint density at radius 3 is 2.86 bits per heavy atom. The van der Waals surface area contributed by atoms with Crippen molar-refractivity contribution in [2.24, 2.45) is 0 Å². The van der Waals surface area contributed by atoms with E-state index in [9.17, 15) is 14.7 Å². The van der Waals surface area contributed by atoms with Gasteiger partial charge < -0.3 is 20.1 Å². The summed E-state index contributed by atoms with van der Waals surface area (Å²) in [5.74, 6) is -1.43. The molecule has 1 aromatic rings. The van der Waals surface area contributed by atoms with E-state index in [-0.39, 0.29) is 17.9 Å². The molecule has 3 rings (SSSR count). The Kier molecular flexibility index (Phi) is 3.55. The third-order valence-corrected chi connectivity index (χ3v) is 4.30. The number of rotatable bonds is 3. The molecule has 0 spiro atoms. The van der Waals surface area contributed by atoms with Crippen LogP contribution in [0.1, 0.15) is 17.9 Å². The predicted molar refractivity (Wildman–Crippen MR) is 76.2 cm³/mol. The minimum atomic E-state index is -0.970. The van der Waals surface area contributed by atoms with E-state index in [1.807, 2.05) is 24.3 Å². The molecule has 3 unspecified atom stereocenters. The van der Waals surface area contributed by atoms with Gasteiger partial charge in [-0.1, -0.05) is 18.2 Å². The first-order chi connectivity index (χ1) is 10.1. The van der Waals surface area contributed by atoms with Gasteiger partial charge in [-0.3, -0.25) is 4.79 Å². The highest BCUT2D eigenvalue weighted by Crippen LogP contribution is 2.34. The summed E-state index contributed by atoms with van der Waals surface area (Å²) in [6, 6.07) is 6.85. The summed E-state index contributed by atoms with van der Waals surface area (Å²) in [4.78, 5) is 25.6. The van der Waals surface area contributed by atoms with Gasteiger partial charge in [0.2, 0.25) is 5.91 Å². The molecule has 1 saturated heterocycles. The number of fused-ring (bicyclic) bond motifs is 1. The van der Waals surface area contributed by atoms with Crippen molar-refractivity contribution in [2.45, 2.75) is 24.5 Å². The molecule has 6 heteroatoms. The molecule has 6 nitrogen and oxygen atoms in total. The van der Waals surface area contributed by atoms with Crippen molar-refractivity contribution in [3.05, 3.63) is 29.8 Å². The van der Waals surface area contributed by atoms with Gasteiger partial charge in [0.1, 0.15) is 6.04 Å². The Balaban J connectivity index is 1.83. The average molecular weight is 290 g/mol. The van der Waals surface area contributed by atoms with Crippen LogP contribution in [0.2, 0.25) is 0 Å². The van der Waals surface area contributed by atoms with Crippen LogP contribution in [0.25, 0.3) is 0 Å². The first-order valence-electron chi connectivity index (χ1n) is 7.00. The third-order valence-electron chi connectivity index (χ3n) is 4.30. The van der Waals surface area contributed by atoms with E-state index < -0.39 is 12.0 Å². The highest BCUT2D eigenvalue weighted by Gasteiger charge is 2.43. The number of benzene rings is 1. The number of hydrogen-bond acceptors (Lipinski definition) is 4. The van der Waals surface area contributed by atoms with Crippen molar-refractivity contribution in [1.82, 2.24) is 4.90 Å². The molecule has 21 heavy (non-hydrogen) atoms. The van der Waals surface area contributed by atoms with E-state index in [1.54, 1.807) is 7.11 Å². The lowest BCUT2D eigenvalue weighted by Gasteiger charge is -2.24. The summed E-state index contributed by atoms with van der Waals surface area (Å²) >= 11 is 0. The van der Waals surface area contributed by atoms with Gasteiger partial charge in [0.25, 0.3) is 0 Å². The number of para-hydroxylation sites is 1. The van der Waals surface area contributed by atoms with Crippen LogP contribution in [-0.4, -0.2) is 54.2 Å². The Morgan fingerprint density at radius 2 is 2.14 bits per heavy atom. The zero-order valence-corrected chi connectivity index (χ0v) is 11.8. The highest BCUT2D eigenvalue weighted by atomic mass is 16.5. The van der Waals surface area contributed by atoms with E-state index in [4.69, 9.17) is 4.74 Å². The summed E-state index contributed by atoms with van der Waals surface area (Å²) < 4.78 is 5.23. The van der Waals surface area contributed by atoms with Gasteiger partial charge in [0, 0.05) is 32.3 Å². The Morgan fingerprint density at radius 1 is 1.38 bits per heavy atom. The number of aliphatic carboxylic acids is 1. The third kappa shape index (κ3) is 2.35. The van der Waals surface area contributed by atoms with E-state index >= 15 is 0 Å². The van der Waals surface area contributed by atoms with Crippen LogP contribution in [-0.2, 0) is 14.3 Å². The van der Waals surface area contributed by atoms with Crippen LogP contribution in [0, 0.1) is 0 Å². The number of nitrogens with one attached hydrogen (secondary N) is 1. The Hall–Kier alpha value is -2.08. The maximum atomic E-state index is 12.8. The van der Waals surface area contributed by atoms with Crippen LogP contribution < -0.4 is 5.32 Å². The number of methoxy groups -OCH3 is 1. The van der Waals surface area contributed by atoms with Crippen LogP contribution >= 0.6 is 0 Å². The van der Waals surface area contributed by atoms with E-state index in [0.29, 0.717) is 19.5 Å². The zero-order valence-electron chi connectivity index (χ0n) is 11.8. The number of ether oxygens (including phenoxy) is 1. The fourth-order valence-electron chi connectivity index (χ4n) is 3.15. The van der Waals surface area contributed by atoms with Crippen LogP contribution in [0.4, 0.5) is 5.69 Å². The lowest BCUT2D eigenvalue weighted by Crippen LogP contribution is -2.43. The van der Waals surface area contributed by atoms with Gasteiger partial charge in [0.15, 0.2) is 0 Å². The number of carbonyl (C=O) groups excluding carboxylic acids is 1. The van der Waals surface area contributed by atoms with Crippen molar-refractivity contribution < 1.29 is 19.4 Å². The first kappa shape index (κ1) is 13.9. The molecule has 2 heterocycles. The molecule has 3 atom stereocenters. The fourth-order valence-corrected chi connectivity index (χ4v) is 3.15. The van der Waals surface area contributed by atoms with E-state index in [2.05, 4.69) is 5.32 Å². The molecule has 0 radical (unpaired) electrons. The monoisotopic (exact) mass is 290 g/mol. The molecular formula is C15H18N2O4. The number of anilines is 1. The summed E-state index contributed by atoms with van der Waals surface area (Å²) in [6.45, 7) is 0.851. The normalized spacial score (nSPS) is 27.3. The van der Waals surface area contributed by atoms with Gasteiger partial charge in [-0.15, -0.1) is 0 Å². The maximum absolute atomic E-state index is 12.8. The molecule has 0 aromatic heterocycles. The molecule has 0 aliphatic carbocycles. The largest absolute Gasteiger partial charge is 0.480 e. The molecule has 2 aliphatic rings. The number of likely N-dealkylation sites (tertiary alicyclic amines) is 1. The van der Waals surface area contributed by atoms with Crippen LogP contribution in [0.15, 0.2) is 24.3 Å². The number of nitrogens with zero attached hydrogens (tertiary/aromatic N) is 1. The van der Waals surface area contributed by atoms with Gasteiger partial charge in [0.05, 0.1) is 12.0 Å². The van der Waals surface area contributed by atoms with Gasteiger partial charge >= 0.3 is 5.97 Å². The molecule has 1 aromatic carbocycles. The SMILES string of the molecule is COC1CC(C(=O)O)N(C(=O)C2CNc3ccccc32)C1. The molecule has 2 aliphatic heterocycles. The summed E-state index contributed by atoms with van der Waals surface area (Å²) in [5.41, 5.74) is 1.89. The number of carboxylic acid groups (broad SMARTS) is 1. The van der Waals surface area contributed by atoms with Gasteiger partial charge in [-0.2, -0.15) is 0 Å². The minimum absolute atomic E-state index is 0.139. The molecular weight excluding hydrogens is 272 g/mol. The molecule has 1 amide bonds. The second kappa shape index (κ2) is 5.37. The minimum Gasteiger partial charge on any atom is -0.480 e. The first-order valence-corrected chi connectivity index (χ1v) is 7.00. The number of amides is 1. The molecule has 1 fully saturated rings. The van der Waals surface area contributed by atoms with Crippen molar-refractivity contribution >= 4 is 17.6 Å². The zero-order chi connectivity index (χ0) is 15.0. The fraction of sp³-hybridized carbons (Fsp3) is 0.467. The van der Waals surface area contributed by atoms with Crippen LogP contribution in [0.3, 0.4) is 0 Å². The summed E-state index contributed by atoms with van der Waals surface area (Å²) in [6.07, 6.45) is 0.138. The van der Waals surface area contributed by atoms with Crippen molar-refractivity contribution in [1.29, 1.82) is 0 Å². The lowest BCUT2D eigenvalue weighted by molar-refractivity contribution is -0.148. The van der Waals surface area contributed by atoms with Gasteiger partial charge in [-0.25, -0.2) is 4.79 Å². The standard InChI is InChI=1S/C15H18N2O4/c1-21-9-6-13(15(19)20)17(8-9)14(18)11-7-16-12-5-3-2-4-10(11)12/h2-5,9,11,13,16H,6-8H2,1H3,(H,19,20). The number of hydrogen-bond donors (Lipinski definition) is 2. The molecule has 2 N–H and O–H groups in total. The van der Waals surface area contributed by atoms with Gasteiger partial charge in [-0.05, 0) is 11.6 Å². The Labute approximate surface area is 122 Å². The second-order valence-electron chi connectivity index (χ2n) is 5.46. The molecule has 112 valence electrons. The summed E-state index contributed by atoms with van der Waals surface area (Å²) in [5, 5.41) is 12.5. The highest BCUT2D eigenvalue weighted by molar-refractivity contribution is 5.91.